The third-order valence-electron chi connectivity index (χ3n) is 2.69. The zero-order valence-corrected chi connectivity index (χ0v) is 11.0. The van der Waals surface area contributed by atoms with Gasteiger partial charge in [0.05, 0.1) is 29.8 Å². The second-order valence-electron chi connectivity index (χ2n) is 3.93. The van der Waals surface area contributed by atoms with E-state index in [-0.39, 0.29) is 16.6 Å². The minimum Gasteiger partial charge on any atom is -0.394 e. The predicted octanol–water partition coefficient (Wildman–Crippen LogP) is 0.533. The molecule has 0 saturated heterocycles. The molecule has 0 saturated carbocycles. The lowest BCUT2D eigenvalue weighted by Gasteiger charge is -2.29. The van der Waals surface area contributed by atoms with E-state index >= 15 is 0 Å². The smallest absolute Gasteiger partial charge is 0.144 e. The van der Waals surface area contributed by atoms with Crippen LogP contribution in [0.25, 0.3) is 0 Å². The molecule has 0 aromatic heterocycles. The molecule has 4 N–H and O–H groups in total. The van der Waals surface area contributed by atoms with Crippen molar-refractivity contribution in [1.82, 2.24) is 5.32 Å². The fourth-order valence-electron chi connectivity index (χ4n) is 1.32. The first-order chi connectivity index (χ1) is 8.49. The summed E-state index contributed by atoms with van der Waals surface area (Å²) < 4.78 is 27.2. The van der Waals surface area contributed by atoms with Crippen LogP contribution in [0.2, 0.25) is 0 Å². The van der Waals surface area contributed by atoms with E-state index < -0.39 is 37.0 Å². The van der Waals surface area contributed by atoms with Gasteiger partial charge in [-0.1, -0.05) is 0 Å². The van der Waals surface area contributed by atoms with Gasteiger partial charge in [0.1, 0.15) is 11.6 Å². The largest absolute Gasteiger partial charge is 0.394 e. The van der Waals surface area contributed by atoms with Crippen molar-refractivity contribution in [2.45, 2.75) is 12.1 Å². The van der Waals surface area contributed by atoms with Crippen LogP contribution in [0.1, 0.15) is 5.56 Å². The number of benzene rings is 1. The second-order valence-corrected chi connectivity index (χ2v) is 4.78. The van der Waals surface area contributed by atoms with Gasteiger partial charge in [0.2, 0.25) is 0 Å². The molecule has 0 amide bonds. The molecule has 0 atom stereocenters. The Kier molecular flexibility index (Phi) is 5.61. The van der Waals surface area contributed by atoms with E-state index in [9.17, 15) is 8.78 Å². The molecule has 0 aliphatic heterocycles. The quantitative estimate of drug-likeness (QED) is 0.576. The van der Waals surface area contributed by atoms with Crippen molar-refractivity contribution in [3.8, 4) is 0 Å². The number of hydrogen-bond donors (Lipinski definition) is 4. The molecule has 1 aromatic carbocycles. The normalized spacial score (nSPS) is 11.9. The topological polar surface area (TPSA) is 72.7 Å². The third kappa shape index (κ3) is 3.24. The average Bonchev–Trinajstić information content (AvgIpc) is 2.39. The van der Waals surface area contributed by atoms with Gasteiger partial charge in [-0.15, -0.1) is 0 Å². The molecule has 102 valence electrons. The number of rotatable bonds is 6. The summed E-state index contributed by atoms with van der Waals surface area (Å²) in [4.78, 5) is 0. The van der Waals surface area contributed by atoms with Gasteiger partial charge in [-0.3, -0.25) is 0 Å². The number of halogens is 3. The SMILES string of the molecule is OCC(CO)(CO)NCc1c(F)ccc(Br)c1F. The van der Waals surface area contributed by atoms with Crippen LogP contribution in [0.5, 0.6) is 0 Å². The molecule has 0 spiro atoms. The Labute approximate surface area is 111 Å². The van der Waals surface area contributed by atoms with Crippen molar-refractivity contribution in [1.29, 1.82) is 0 Å². The van der Waals surface area contributed by atoms with Gasteiger partial charge >= 0.3 is 0 Å². The molecule has 18 heavy (non-hydrogen) atoms. The highest BCUT2D eigenvalue weighted by molar-refractivity contribution is 9.10. The first-order valence-electron chi connectivity index (χ1n) is 5.19. The van der Waals surface area contributed by atoms with Gasteiger partial charge in [-0.25, -0.2) is 8.78 Å². The number of aliphatic hydroxyl groups is 3. The van der Waals surface area contributed by atoms with Crippen molar-refractivity contribution >= 4 is 15.9 Å². The molecular weight excluding hydrogens is 312 g/mol. The third-order valence-corrected chi connectivity index (χ3v) is 3.30. The maximum Gasteiger partial charge on any atom is 0.144 e. The summed E-state index contributed by atoms with van der Waals surface area (Å²) in [5, 5.41) is 29.8. The van der Waals surface area contributed by atoms with Gasteiger partial charge < -0.3 is 20.6 Å². The van der Waals surface area contributed by atoms with Crippen molar-refractivity contribution in [3.05, 3.63) is 33.8 Å². The summed E-state index contributed by atoms with van der Waals surface area (Å²) >= 11 is 2.93. The van der Waals surface area contributed by atoms with E-state index in [4.69, 9.17) is 15.3 Å². The van der Waals surface area contributed by atoms with E-state index in [0.29, 0.717) is 0 Å². The van der Waals surface area contributed by atoms with Crippen molar-refractivity contribution in [2.24, 2.45) is 0 Å². The van der Waals surface area contributed by atoms with Crippen molar-refractivity contribution in [3.63, 3.8) is 0 Å². The highest BCUT2D eigenvalue weighted by Crippen LogP contribution is 2.22. The van der Waals surface area contributed by atoms with E-state index in [2.05, 4.69) is 21.2 Å². The molecule has 1 rings (SSSR count). The lowest BCUT2D eigenvalue weighted by atomic mass is 10.0. The molecule has 1 aromatic rings. The van der Waals surface area contributed by atoms with Crippen LogP contribution in [0.15, 0.2) is 16.6 Å². The van der Waals surface area contributed by atoms with Crippen LogP contribution in [0, 0.1) is 11.6 Å². The second kappa shape index (κ2) is 6.53. The molecule has 0 radical (unpaired) electrons. The molecule has 4 nitrogen and oxygen atoms in total. The maximum absolute atomic E-state index is 13.6. The molecule has 0 aliphatic carbocycles. The van der Waals surface area contributed by atoms with Gasteiger partial charge in [0.15, 0.2) is 0 Å². The molecule has 0 heterocycles. The molecule has 0 aliphatic rings. The lowest BCUT2D eigenvalue weighted by molar-refractivity contribution is 0.0409. The van der Waals surface area contributed by atoms with Crippen LogP contribution in [-0.4, -0.2) is 40.7 Å². The zero-order chi connectivity index (χ0) is 13.8. The average molecular weight is 326 g/mol. The summed E-state index contributed by atoms with van der Waals surface area (Å²) in [6.45, 7) is -1.94. The van der Waals surface area contributed by atoms with Gasteiger partial charge in [0, 0.05) is 12.1 Å². The van der Waals surface area contributed by atoms with Crippen LogP contribution in [-0.2, 0) is 6.54 Å². The van der Waals surface area contributed by atoms with E-state index in [1.165, 1.54) is 6.07 Å². The van der Waals surface area contributed by atoms with E-state index in [0.717, 1.165) is 6.07 Å². The minimum absolute atomic E-state index is 0.114. The fourth-order valence-corrected chi connectivity index (χ4v) is 1.70. The fraction of sp³-hybridized carbons (Fsp3) is 0.455. The summed E-state index contributed by atoms with van der Waals surface area (Å²) in [5.41, 5.74) is -1.61. The van der Waals surface area contributed by atoms with Crippen LogP contribution >= 0.6 is 15.9 Å². The van der Waals surface area contributed by atoms with Crippen molar-refractivity contribution in [2.75, 3.05) is 19.8 Å². The van der Waals surface area contributed by atoms with Gasteiger partial charge in [-0.05, 0) is 28.1 Å². The van der Waals surface area contributed by atoms with Crippen LogP contribution in [0.3, 0.4) is 0 Å². The monoisotopic (exact) mass is 325 g/mol. The highest BCUT2D eigenvalue weighted by atomic mass is 79.9. The van der Waals surface area contributed by atoms with Gasteiger partial charge in [0.25, 0.3) is 0 Å². The minimum atomic E-state index is -1.37. The zero-order valence-electron chi connectivity index (χ0n) is 9.46. The Bertz CT molecular complexity index is 405. The summed E-state index contributed by atoms with van der Waals surface area (Å²) in [6.07, 6.45) is 0. The Morgan fingerprint density at radius 2 is 1.67 bits per heavy atom. The first-order valence-corrected chi connectivity index (χ1v) is 5.99. The van der Waals surface area contributed by atoms with Gasteiger partial charge in [-0.2, -0.15) is 0 Å². The lowest BCUT2D eigenvalue weighted by Crippen LogP contribution is -2.54. The number of nitrogens with one attached hydrogen (secondary N) is 1. The molecular formula is C11H14BrF2NO3. The summed E-state index contributed by atoms with van der Waals surface area (Å²) in [5.74, 6) is -1.50. The Morgan fingerprint density at radius 1 is 1.11 bits per heavy atom. The van der Waals surface area contributed by atoms with E-state index in [1.54, 1.807) is 0 Å². The summed E-state index contributed by atoms with van der Waals surface area (Å²) in [7, 11) is 0. The molecule has 7 heteroatoms. The first kappa shape index (κ1) is 15.5. The standard InChI is InChI=1S/C11H14BrF2NO3/c12-8-1-2-9(13)7(10(8)14)3-15-11(4-16,5-17)6-18/h1-2,15-18H,3-6H2. The Morgan fingerprint density at radius 3 is 2.17 bits per heavy atom. The summed E-state index contributed by atoms with van der Waals surface area (Å²) in [6, 6.07) is 2.34. The maximum atomic E-state index is 13.6. The molecule has 0 fully saturated rings. The van der Waals surface area contributed by atoms with Crippen molar-refractivity contribution < 1.29 is 24.1 Å². The molecule has 0 bridgehead atoms. The van der Waals surface area contributed by atoms with E-state index in [1.807, 2.05) is 0 Å². The number of hydrogen-bond acceptors (Lipinski definition) is 4. The van der Waals surface area contributed by atoms with Crippen LogP contribution in [0.4, 0.5) is 8.78 Å². The van der Waals surface area contributed by atoms with Crippen LogP contribution < -0.4 is 5.32 Å². The highest BCUT2D eigenvalue weighted by Gasteiger charge is 2.28. The molecule has 0 unspecified atom stereocenters. The number of aliphatic hydroxyl groups excluding tert-OH is 3. The Hall–Kier alpha value is -0.600. The Balaban J connectivity index is 2.89. The predicted molar refractivity (Wildman–Crippen MR) is 64.9 cm³/mol.